The lowest BCUT2D eigenvalue weighted by molar-refractivity contribution is -0.135. The molecule has 0 saturated carbocycles. The zero-order valence-corrected chi connectivity index (χ0v) is 9.99. The first-order chi connectivity index (χ1) is 5.91. The third-order valence-electron chi connectivity index (χ3n) is 0.916. The maximum Gasteiger partial charge on any atom is 0.351 e. The highest BCUT2D eigenvalue weighted by atomic mass is 35.5. The van der Waals surface area contributed by atoms with Crippen LogP contribution in [0.25, 0.3) is 0 Å². The van der Waals surface area contributed by atoms with Gasteiger partial charge in [-0.05, 0) is 0 Å². The standard InChI is InChI=1S/C6H3Cl5O2/c1-13-6(12)4(9)2(7)3(8)5(10)11/h1H3/b4-2+. The van der Waals surface area contributed by atoms with Crippen LogP contribution in [0.4, 0.5) is 0 Å². The summed E-state index contributed by atoms with van der Waals surface area (Å²) in [6, 6.07) is 0. The molecular weight excluding hydrogens is 281 g/mol. The van der Waals surface area contributed by atoms with Crippen LogP contribution in [0.5, 0.6) is 0 Å². The highest BCUT2D eigenvalue weighted by molar-refractivity contribution is 6.62. The SMILES string of the molecule is COC(=O)/C(Cl)=C(\Cl)C(Cl)=C(Cl)Cl. The van der Waals surface area contributed by atoms with E-state index in [0.29, 0.717) is 0 Å². The summed E-state index contributed by atoms with van der Waals surface area (Å²) in [5, 5.41) is -0.844. The molecule has 7 heteroatoms. The van der Waals surface area contributed by atoms with Crippen molar-refractivity contribution < 1.29 is 9.53 Å². The monoisotopic (exact) mass is 282 g/mol. The van der Waals surface area contributed by atoms with Crippen molar-refractivity contribution in [1.29, 1.82) is 0 Å². The van der Waals surface area contributed by atoms with Gasteiger partial charge in [0.1, 0.15) is 9.52 Å². The van der Waals surface area contributed by atoms with Gasteiger partial charge in [0.05, 0.1) is 17.2 Å². The zero-order valence-electron chi connectivity index (χ0n) is 6.21. The number of methoxy groups -OCH3 is 1. The molecule has 0 saturated heterocycles. The van der Waals surface area contributed by atoms with Crippen molar-refractivity contribution in [2.45, 2.75) is 0 Å². The molecule has 0 atom stereocenters. The number of carbonyl (C=O) groups is 1. The van der Waals surface area contributed by atoms with Gasteiger partial charge in [0.15, 0.2) is 0 Å². The molecule has 0 rings (SSSR count). The number of hydrogen-bond acceptors (Lipinski definition) is 2. The number of halogens is 5. The molecule has 0 unspecified atom stereocenters. The predicted octanol–water partition coefficient (Wildman–Crippen LogP) is 3.73. The molecule has 2 nitrogen and oxygen atoms in total. The normalized spacial score (nSPS) is 11.8. The smallest absolute Gasteiger partial charge is 0.351 e. The zero-order chi connectivity index (χ0) is 10.6. The van der Waals surface area contributed by atoms with Crippen LogP contribution >= 0.6 is 58.0 Å². The van der Waals surface area contributed by atoms with E-state index in [2.05, 4.69) is 4.74 Å². The summed E-state index contributed by atoms with van der Waals surface area (Å²) in [4.78, 5) is 10.8. The van der Waals surface area contributed by atoms with Gasteiger partial charge in [0, 0.05) is 0 Å². The van der Waals surface area contributed by atoms with E-state index in [1.807, 2.05) is 0 Å². The van der Waals surface area contributed by atoms with Crippen molar-refractivity contribution in [1.82, 2.24) is 0 Å². The van der Waals surface area contributed by atoms with Gasteiger partial charge in [-0.15, -0.1) is 0 Å². The van der Waals surface area contributed by atoms with Crippen LogP contribution in [0.15, 0.2) is 19.6 Å². The molecule has 0 bridgehead atoms. The second-order valence-corrected chi connectivity index (χ2v) is 3.78. The van der Waals surface area contributed by atoms with Crippen LogP contribution in [0, 0.1) is 0 Å². The van der Waals surface area contributed by atoms with Gasteiger partial charge in [0.25, 0.3) is 0 Å². The molecule has 0 aliphatic carbocycles. The second kappa shape index (κ2) is 5.99. The number of hydrogen-bond donors (Lipinski definition) is 0. The van der Waals surface area contributed by atoms with Crippen LogP contribution in [-0.2, 0) is 9.53 Å². The Kier molecular flexibility index (Phi) is 6.18. The average Bonchev–Trinajstić information content (AvgIpc) is 2.12. The minimum Gasteiger partial charge on any atom is -0.465 e. The molecule has 0 N–H and O–H groups in total. The van der Waals surface area contributed by atoms with Gasteiger partial charge in [-0.25, -0.2) is 4.79 Å². The Morgan fingerprint density at radius 1 is 0.923 bits per heavy atom. The van der Waals surface area contributed by atoms with Gasteiger partial charge in [-0.2, -0.15) is 0 Å². The molecule has 0 radical (unpaired) electrons. The third-order valence-corrected chi connectivity index (χ3v) is 2.78. The van der Waals surface area contributed by atoms with Gasteiger partial charge in [-0.1, -0.05) is 58.0 Å². The van der Waals surface area contributed by atoms with Gasteiger partial charge < -0.3 is 4.74 Å². The Morgan fingerprint density at radius 3 is 1.69 bits per heavy atom. The van der Waals surface area contributed by atoms with Gasteiger partial charge in [-0.3, -0.25) is 0 Å². The molecule has 0 aromatic carbocycles. The van der Waals surface area contributed by atoms with Crippen molar-refractivity contribution in [3.05, 3.63) is 19.6 Å². The lowest BCUT2D eigenvalue weighted by Crippen LogP contribution is -2.01. The molecule has 0 amide bonds. The number of esters is 1. The Balaban J connectivity index is 5.05. The summed E-state index contributed by atoms with van der Waals surface area (Å²) in [5.74, 6) is -0.820. The van der Waals surface area contributed by atoms with E-state index in [-0.39, 0.29) is 19.6 Å². The quantitative estimate of drug-likeness (QED) is 0.439. The van der Waals surface area contributed by atoms with Crippen molar-refractivity contribution in [3.63, 3.8) is 0 Å². The van der Waals surface area contributed by atoms with Crippen LogP contribution < -0.4 is 0 Å². The van der Waals surface area contributed by atoms with Crippen LogP contribution in [-0.4, -0.2) is 13.1 Å². The summed E-state index contributed by atoms with van der Waals surface area (Å²) < 4.78 is 4.00. The minimum absolute atomic E-state index is 0.208. The lowest BCUT2D eigenvalue weighted by atomic mass is 10.4. The first-order valence-electron chi connectivity index (χ1n) is 2.76. The fraction of sp³-hybridized carbons (Fsp3) is 0.167. The molecule has 0 aromatic heterocycles. The Bertz CT molecular complexity index is 277. The van der Waals surface area contributed by atoms with E-state index in [9.17, 15) is 4.79 Å². The second-order valence-electron chi connectivity index (χ2n) is 1.69. The lowest BCUT2D eigenvalue weighted by Gasteiger charge is -2.00. The molecule has 0 heterocycles. The van der Waals surface area contributed by atoms with Crippen molar-refractivity contribution >= 4 is 64.0 Å². The molecule has 13 heavy (non-hydrogen) atoms. The maximum absolute atomic E-state index is 10.8. The number of carbonyl (C=O) groups excluding carboxylic acids is 1. The van der Waals surface area contributed by atoms with Crippen LogP contribution in [0.1, 0.15) is 0 Å². The molecule has 0 aliphatic heterocycles. The Morgan fingerprint density at radius 2 is 1.38 bits per heavy atom. The summed E-state index contributed by atoms with van der Waals surface area (Å²) >= 11 is 27.1. The summed E-state index contributed by atoms with van der Waals surface area (Å²) in [5.41, 5.74) is 0. The van der Waals surface area contributed by atoms with Crippen LogP contribution in [0.2, 0.25) is 0 Å². The number of allylic oxidation sites excluding steroid dienone is 2. The highest BCUT2D eigenvalue weighted by Crippen LogP contribution is 2.31. The molecule has 0 aromatic rings. The van der Waals surface area contributed by atoms with Crippen molar-refractivity contribution in [2.24, 2.45) is 0 Å². The summed E-state index contributed by atoms with van der Waals surface area (Å²) in [7, 11) is 1.15. The molecule has 0 spiro atoms. The Labute approximate surface area is 100.0 Å². The molecule has 74 valence electrons. The third kappa shape index (κ3) is 3.96. The summed E-state index contributed by atoms with van der Waals surface area (Å²) in [6.07, 6.45) is 0. The van der Waals surface area contributed by atoms with E-state index < -0.39 is 5.97 Å². The average molecular weight is 284 g/mol. The largest absolute Gasteiger partial charge is 0.465 e. The van der Waals surface area contributed by atoms with Gasteiger partial charge in [0.2, 0.25) is 0 Å². The fourth-order valence-electron chi connectivity index (χ4n) is 0.359. The van der Waals surface area contributed by atoms with Crippen molar-refractivity contribution in [2.75, 3.05) is 7.11 Å². The first kappa shape index (κ1) is 13.4. The van der Waals surface area contributed by atoms with E-state index in [0.717, 1.165) is 7.11 Å². The highest BCUT2D eigenvalue weighted by Gasteiger charge is 2.16. The molecule has 0 aliphatic rings. The molecule has 0 fully saturated rings. The van der Waals surface area contributed by atoms with Crippen LogP contribution in [0.3, 0.4) is 0 Å². The maximum atomic E-state index is 10.8. The number of ether oxygens (including phenoxy) is 1. The fourth-order valence-corrected chi connectivity index (χ4v) is 1.13. The minimum atomic E-state index is -0.820. The van der Waals surface area contributed by atoms with E-state index >= 15 is 0 Å². The van der Waals surface area contributed by atoms with E-state index in [1.165, 1.54) is 0 Å². The topological polar surface area (TPSA) is 26.3 Å². The van der Waals surface area contributed by atoms with Gasteiger partial charge >= 0.3 is 5.97 Å². The van der Waals surface area contributed by atoms with E-state index in [4.69, 9.17) is 58.0 Å². The van der Waals surface area contributed by atoms with E-state index in [1.54, 1.807) is 0 Å². The first-order valence-corrected chi connectivity index (χ1v) is 4.65. The predicted molar refractivity (Wildman–Crippen MR) is 55.3 cm³/mol. The Hall–Kier alpha value is 0.400. The molecular formula is C6H3Cl5O2. The number of rotatable bonds is 2. The summed E-state index contributed by atoms with van der Waals surface area (Å²) in [6.45, 7) is 0. The van der Waals surface area contributed by atoms with Crippen molar-refractivity contribution in [3.8, 4) is 0 Å².